The van der Waals surface area contributed by atoms with Gasteiger partial charge >= 0.3 is 5.97 Å². The summed E-state index contributed by atoms with van der Waals surface area (Å²) in [7, 11) is 0. The maximum absolute atomic E-state index is 11.9. The summed E-state index contributed by atoms with van der Waals surface area (Å²) < 4.78 is 7.83. The van der Waals surface area contributed by atoms with Crippen LogP contribution in [0.15, 0.2) is 28.7 Å². The molecule has 5 nitrogen and oxygen atoms in total. The lowest BCUT2D eigenvalue weighted by Crippen LogP contribution is -2.13. The number of nitrogen functional groups attached to an aromatic ring is 1. The minimum absolute atomic E-state index is 0.0197. The van der Waals surface area contributed by atoms with E-state index in [-0.39, 0.29) is 11.7 Å². The smallest absolute Gasteiger partial charge is 0.360 e. The highest BCUT2D eigenvalue weighted by Gasteiger charge is 2.23. The topological polar surface area (TPSA) is 70.1 Å². The number of nitrogens with two attached hydrogens (primary N) is 1. The van der Waals surface area contributed by atoms with Crippen molar-refractivity contribution in [3.8, 4) is 0 Å². The Morgan fingerprint density at radius 3 is 2.62 bits per heavy atom. The molecule has 1 heterocycles. The molecule has 0 spiro atoms. The van der Waals surface area contributed by atoms with Crippen molar-refractivity contribution in [2.24, 2.45) is 0 Å². The van der Waals surface area contributed by atoms with E-state index >= 15 is 0 Å². The molecule has 0 aliphatic rings. The minimum atomic E-state index is -0.486. The monoisotopic (exact) mass is 351 g/mol. The summed E-state index contributed by atoms with van der Waals surface area (Å²) in [6, 6.07) is 7.95. The van der Waals surface area contributed by atoms with Crippen LogP contribution in [0.1, 0.15) is 41.8 Å². The van der Waals surface area contributed by atoms with Gasteiger partial charge in [0.15, 0.2) is 5.69 Å². The number of aromatic nitrogens is 2. The second-order valence-corrected chi connectivity index (χ2v) is 5.63. The molecule has 0 aliphatic heterocycles. The first-order valence-electron chi connectivity index (χ1n) is 6.72. The fourth-order valence-corrected chi connectivity index (χ4v) is 2.55. The maximum atomic E-state index is 11.9. The van der Waals surface area contributed by atoms with Crippen LogP contribution in [0.5, 0.6) is 0 Å². The number of ether oxygens (including phenoxy) is 1. The van der Waals surface area contributed by atoms with E-state index in [9.17, 15) is 4.79 Å². The molecule has 1 aromatic heterocycles. The van der Waals surface area contributed by atoms with Crippen molar-refractivity contribution in [1.82, 2.24) is 9.55 Å². The zero-order valence-corrected chi connectivity index (χ0v) is 13.8. The number of carbonyl (C=O) groups is 1. The highest BCUT2D eigenvalue weighted by molar-refractivity contribution is 9.10. The Morgan fingerprint density at radius 1 is 1.43 bits per heavy atom. The Morgan fingerprint density at radius 2 is 2.05 bits per heavy atom. The third-order valence-corrected chi connectivity index (χ3v) is 3.86. The zero-order chi connectivity index (χ0) is 15.6. The number of hydrogen-bond acceptors (Lipinski definition) is 4. The molecule has 0 bridgehead atoms. The molecule has 2 aromatic rings. The van der Waals surface area contributed by atoms with Crippen LogP contribution in [0, 0.1) is 6.92 Å². The van der Waals surface area contributed by atoms with Gasteiger partial charge in [-0.2, -0.15) is 0 Å². The number of carbonyl (C=O) groups excluding carboxylic acids is 1. The van der Waals surface area contributed by atoms with Crippen molar-refractivity contribution >= 4 is 27.7 Å². The van der Waals surface area contributed by atoms with E-state index in [2.05, 4.69) is 20.9 Å². The molecule has 0 saturated heterocycles. The van der Waals surface area contributed by atoms with Crippen LogP contribution in [0.2, 0.25) is 0 Å². The molecule has 0 radical (unpaired) electrons. The molecule has 2 N–H and O–H groups in total. The van der Waals surface area contributed by atoms with Crippen LogP contribution in [-0.4, -0.2) is 22.1 Å². The van der Waals surface area contributed by atoms with Gasteiger partial charge in [0.25, 0.3) is 0 Å². The summed E-state index contributed by atoms with van der Waals surface area (Å²) in [6.07, 6.45) is 0. The molecule has 0 amide bonds. The quantitative estimate of drug-likeness (QED) is 0.857. The summed E-state index contributed by atoms with van der Waals surface area (Å²) in [5.41, 5.74) is 7.36. The first-order valence-corrected chi connectivity index (χ1v) is 7.51. The molecular formula is C15H18BrN3O2. The Balaban J connectivity index is 2.40. The van der Waals surface area contributed by atoms with Crippen LogP contribution < -0.4 is 5.73 Å². The molecule has 112 valence electrons. The van der Waals surface area contributed by atoms with Gasteiger partial charge in [-0.15, -0.1) is 0 Å². The average Bonchev–Trinajstić information content (AvgIpc) is 2.74. The van der Waals surface area contributed by atoms with Crippen LogP contribution in [0.3, 0.4) is 0 Å². The van der Waals surface area contributed by atoms with Gasteiger partial charge in [0, 0.05) is 4.47 Å². The Kier molecular flexibility index (Phi) is 4.67. The second kappa shape index (κ2) is 6.30. The Labute approximate surface area is 132 Å². The molecule has 21 heavy (non-hydrogen) atoms. The summed E-state index contributed by atoms with van der Waals surface area (Å²) >= 11 is 3.42. The van der Waals surface area contributed by atoms with Gasteiger partial charge in [-0.05, 0) is 38.5 Å². The average molecular weight is 352 g/mol. The number of rotatable bonds is 4. The third-order valence-electron chi connectivity index (χ3n) is 3.33. The van der Waals surface area contributed by atoms with Crippen LogP contribution in [0.25, 0.3) is 0 Å². The number of benzene rings is 1. The van der Waals surface area contributed by atoms with Crippen LogP contribution in [0.4, 0.5) is 5.82 Å². The third kappa shape index (κ3) is 3.10. The number of nitrogens with zero attached hydrogens (tertiary/aromatic N) is 2. The summed E-state index contributed by atoms with van der Waals surface area (Å²) in [4.78, 5) is 16.1. The van der Waals surface area contributed by atoms with Gasteiger partial charge < -0.3 is 15.0 Å². The standard InChI is InChI=1S/C15H18BrN3O2/c1-4-21-15(20)13-14(17)19(10(3)18-13)9(2)11-5-7-12(16)8-6-11/h5-9H,4,17H2,1-3H3. The molecule has 1 atom stereocenters. The summed E-state index contributed by atoms with van der Waals surface area (Å²) in [6.45, 7) is 5.90. The van der Waals surface area contributed by atoms with Crippen molar-refractivity contribution in [3.05, 3.63) is 45.8 Å². The number of imidazole rings is 1. The Hall–Kier alpha value is -1.82. The predicted molar refractivity (Wildman–Crippen MR) is 85.3 cm³/mol. The molecule has 2 rings (SSSR count). The van der Waals surface area contributed by atoms with Gasteiger partial charge in [0.1, 0.15) is 11.6 Å². The largest absolute Gasteiger partial charge is 0.461 e. The van der Waals surface area contributed by atoms with Gasteiger partial charge in [-0.3, -0.25) is 0 Å². The predicted octanol–water partition coefficient (Wildman–Crippen LogP) is 3.32. The fourth-order valence-electron chi connectivity index (χ4n) is 2.29. The molecule has 0 fully saturated rings. The summed E-state index contributed by atoms with van der Waals surface area (Å²) in [5, 5.41) is 0. The highest BCUT2D eigenvalue weighted by Crippen LogP contribution is 2.26. The fraction of sp³-hybridized carbons (Fsp3) is 0.333. The van der Waals surface area contributed by atoms with Gasteiger partial charge in [-0.25, -0.2) is 9.78 Å². The number of aryl methyl sites for hydroxylation is 1. The van der Waals surface area contributed by atoms with Gasteiger partial charge in [0.2, 0.25) is 0 Å². The zero-order valence-electron chi connectivity index (χ0n) is 12.3. The van der Waals surface area contributed by atoms with Crippen molar-refractivity contribution in [1.29, 1.82) is 0 Å². The number of anilines is 1. The summed E-state index contributed by atoms with van der Waals surface area (Å²) in [5.74, 6) is 0.534. The molecular weight excluding hydrogens is 334 g/mol. The van der Waals surface area contributed by atoms with E-state index in [0.717, 1.165) is 10.0 Å². The van der Waals surface area contributed by atoms with E-state index in [0.29, 0.717) is 18.2 Å². The lowest BCUT2D eigenvalue weighted by Gasteiger charge is -2.17. The van der Waals surface area contributed by atoms with Crippen molar-refractivity contribution < 1.29 is 9.53 Å². The van der Waals surface area contributed by atoms with E-state index in [1.807, 2.05) is 42.7 Å². The SMILES string of the molecule is CCOC(=O)c1nc(C)n(C(C)c2ccc(Br)cc2)c1N. The normalized spacial score (nSPS) is 12.2. The molecule has 0 aliphatic carbocycles. The number of esters is 1. The first kappa shape index (κ1) is 15.6. The first-order chi connectivity index (χ1) is 9.95. The van der Waals surface area contributed by atoms with E-state index in [4.69, 9.17) is 10.5 Å². The number of hydrogen-bond donors (Lipinski definition) is 1. The second-order valence-electron chi connectivity index (χ2n) is 4.71. The van der Waals surface area contributed by atoms with Gasteiger partial charge in [0.05, 0.1) is 12.6 Å². The van der Waals surface area contributed by atoms with Gasteiger partial charge in [-0.1, -0.05) is 28.1 Å². The van der Waals surface area contributed by atoms with Crippen molar-refractivity contribution in [2.75, 3.05) is 12.3 Å². The van der Waals surface area contributed by atoms with E-state index < -0.39 is 5.97 Å². The number of halogens is 1. The lowest BCUT2D eigenvalue weighted by molar-refractivity contribution is 0.0521. The maximum Gasteiger partial charge on any atom is 0.360 e. The van der Waals surface area contributed by atoms with E-state index in [1.54, 1.807) is 6.92 Å². The highest BCUT2D eigenvalue weighted by atomic mass is 79.9. The Bertz CT molecular complexity index is 650. The molecule has 1 aromatic carbocycles. The van der Waals surface area contributed by atoms with Crippen molar-refractivity contribution in [2.45, 2.75) is 26.8 Å². The van der Waals surface area contributed by atoms with Crippen molar-refractivity contribution in [3.63, 3.8) is 0 Å². The minimum Gasteiger partial charge on any atom is -0.461 e. The molecule has 6 heteroatoms. The lowest BCUT2D eigenvalue weighted by atomic mass is 10.1. The van der Waals surface area contributed by atoms with Crippen LogP contribution >= 0.6 is 15.9 Å². The molecule has 1 unspecified atom stereocenters. The van der Waals surface area contributed by atoms with Crippen LogP contribution in [-0.2, 0) is 4.74 Å². The molecule has 0 saturated carbocycles. The van der Waals surface area contributed by atoms with E-state index in [1.165, 1.54) is 0 Å².